The second-order valence-corrected chi connectivity index (χ2v) is 1.95. The van der Waals surface area contributed by atoms with Crippen molar-refractivity contribution in [3.8, 4) is 12.1 Å². The predicted molar refractivity (Wildman–Crippen MR) is 37.3 cm³/mol. The highest BCUT2D eigenvalue weighted by molar-refractivity contribution is 5.35. The zero-order valence-corrected chi connectivity index (χ0v) is 6.07. The van der Waals surface area contributed by atoms with Crippen molar-refractivity contribution in [1.82, 2.24) is 9.55 Å². The molecular formula is C7H6N4. The molecule has 0 unspecified atom stereocenters. The zero-order chi connectivity index (χ0) is 8.27. The van der Waals surface area contributed by atoms with Gasteiger partial charge in [0.25, 0.3) is 0 Å². The molecular weight excluding hydrogens is 140 g/mol. The Bertz CT molecular complexity index is 336. The van der Waals surface area contributed by atoms with Gasteiger partial charge >= 0.3 is 0 Å². The molecule has 0 fully saturated rings. The van der Waals surface area contributed by atoms with Gasteiger partial charge in [-0.2, -0.15) is 10.5 Å². The third-order valence-corrected chi connectivity index (χ3v) is 1.39. The average Bonchev–Trinajstić information content (AvgIpc) is 2.45. The fraction of sp³-hybridized carbons (Fsp3) is 0.286. The number of aromatic nitrogens is 2. The highest BCUT2D eigenvalue weighted by Gasteiger charge is 2.06. The highest BCUT2D eigenvalue weighted by Crippen LogP contribution is 2.03. The van der Waals surface area contributed by atoms with Crippen LogP contribution >= 0.6 is 0 Å². The Hall–Kier alpha value is -1.81. The Kier molecular flexibility index (Phi) is 1.89. The molecule has 4 nitrogen and oxygen atoms in total. The van der Waals surface area contributed by atoms with Crippen LogP contribution in [0.5, 0.6) is 0 Å². The summed E-state index contributed by atoms with van der Waals surface area (Å²) < 4.78 is 1.64. The van der Waals surface area contributed by atoms with E-state index in [9.17, 15) is 0 Å². The number of nitrogens with zero attached hydrogens (tertiary/aromatic N) is 4. The third-order valence-electron chi connectivity index (χ3n) is 1.39. The summed E-state index contributed by atoms with van der Waals surface area (Å²) >= 11 is 0. The number of nitriles is 2. The van der Waals surface area contributed by atoms with Gasteiger partial charge in [-0.3, -0.25) is 0 Å². The van der Waals surface area contributed by atoms with E-state index in [2.05, 4.69) is 4.98 Å². The monoisotopic (exact) mass is 146 g/mol. The molecule has 1 aromatic rings. The number of aryl methyl sites for hydroxylation is 1. The molecule has 1 rings (SSSR count). The molecule has 0 bridgehead atoms. The zero-order valence-electron chi connectivity index (χ0n) is 6.07. The molecule has 0 radical (unpaired) electrons. The van der Waals surface area contributed by atoms with E-state index in [1.165, 1.54) is 6.33 Å². The van der Waals surface area contributed by atoms with E-state index >= 15 is 0 Å². The Labute approximate surface area is 64.3 Å². The summed E-state index contributed by atoms with van der Waals surface area (Å²) in [6.45, 7) is 2.56. The quantitative estimate of drug-likeness (QED) is 0.584. The van der Waals surface area contributed by atoms with Gasteiger partial charge in [-0.1, -0.05) is 0 Å². The Balaban J connectivity index is 3.26. The van der Waals surface area contributed by atoms with E-state index in [0.717, 1.165) is 0 Å². The van der Waals surface area contributed by atoms with Gasteiger partial charge in [0.15, 0.2) is 11.4 Å². The molecule has 0 aliphatic heterocycles. The van der Waals surface area contributed by atoms with E-state index in [1.54, 1.807) is 4.57 Å². The van der Waals surface area contributed by atoms with Gasteiger partial charge in [0.2, 0.25) is 0 Å². The lowest BCUT2D eigenvalue weighted by molar-refractivity contribution is 0.751. The molecule has 0 aliphatic rings. The summed E-state index contributed by atoms with van der Waals surface area (Å²) in [6.07, 6.45) is 1.50. The summed E-state index contributed by atoms with van der Waals surface area (Å²) in [6, 6.07) is 3.77. The molecule has 0 aromatic carbocycles. The van der Waals surface area contributed by atoms with Crippen molar-refractivity contribution in [3.05, 3.63) is 17.7 Å². The first-order valence-corrected chi connectivity index (χ1v) is 3.18. The molecule has 0 spiro atoms. The average molecular weight is 146 g/mol. The Morgan fingerprint density at radius 2 is 2.27 bits per heavy atom. The number of hydrogen-bond donors (Lipinski definition) is 0. The van der Waals surface area contributed by atoms with E-state index < -0.39 is 0 Å². The predicted octanol–water partition coefficient (Wildman–Crippen LogP) is 0.646. The molecule has 1 aromatic heterocycles. The van der Waals surface area contributed by atoms with Crippen LogP contribution in [0.1, 0.15) is 18.3 Å². The van der Waals surface area contributed by atoms with E-state index in [0.29, 0.717) is 12.2 Å². The summed E-state index contributed by atoms with van der Waals surface area (Å²) in [4.78, 5) is 3.76. The van der Waals surface area contributed by atoms with Crippen molar-refractivity contribution < 1.29 is 0 Å². The molecule has 4 heteroatoms. The Morgan fingerprint density at radius 1 is 1.55 bits per heavy atom. The fourth-order valence-corrected chi connectivity index (χ4v) is 0.821. The molecule has 0 amide bonds. The van der Waals surface area contributed by atoms with Gasteiger partial charge in [-0.25, -0.2) is 4.98 Å². The lowest BCUT2D eigenvalue weighted by atomic mass is 10.3. The van der Waals surface area contributed by atoms with Crippen LogP contribution in [0.15, 0.2) is 6.33 Å². The van der Waals surface area contributed by atoms with Crippen molar-refractivity contribution >= 4 is 0 Å². The maximum atomic E-state index is 8.59. The van der Waals surface area contributed by atoms with Gasteiger partial charge in [0.1, 0.15) is 12.1 Å². The SMILES string of the molecule is CCn1cnc(C#N)c1C#N. The van der Waals surface area contributed by atoms with Crippen LogP contribution in [0.2, 0.25) is 0 Å². The first-order valence-electron chi connectivity index (χ1n) is 3.18. The first-order chi connectivity index (χ1) is 5.33. The van der Waals surface area contributed by atoms with Gasteiger partial charge in [-0.15, -0.1) is 0 Å². The van der Waals surface area contributed by atoms with Gasteiger partial charge in [0, 0.05) is 6.54 Å². The molecule has 0 atom stereocenters. The molecule has 0 aliphatic carbocycles. The summed E-state index contributed by atoms with van der Waals surface area (Å²) in [5, 5.41) is 17.1. The first kappa shape index (κ1) is 7.30. The van der Waals surface area contributed by atoms with Gasteiger partial charge in [0.05, 0.1) is 6.33 Å². The van der Waals surface area contributed by atoms with Crippen molar-refractivity contribution in [3.63, 3.8) is 0 Å². The molecule has 1 heterocycles. The maximum Gasteiger partial charge on any atom is 0.176 e. The van der Waals surface area contributed by atoms with Crippen LogP contribution in [0.4, 0.5) is 0 Å². The van der Waals surface area contributed by atoms with Crippen LogP contribution in [-0.2, 0) is 6.54 Å². The highest BCUT2D eigenvalue weighted by atomic mass is 15.0. The largest absolute Gasteiger partial charge is 0.322 e. The Morgan fingerprint density at radius 3 is 2.73 bits per heavy atom. The minimum absolute atomic E-state index is 0.203. The third kappa shape index (κ3) is 1.06. The number of rotatable bonds is 1. The van der Waals surface area contributed by atoms with Crippen LogP contribution in [0.25, 0.3) is 0 Å². The molecule has 0 saturated heterocycles. The lowest BCUT2D eigenvalue weighted by Gasteiger charge is -1.94. The molecule has 11 heavy (non-hydrogen) atoms. The van der Waals surface area contributed by atoms with Crippen LogP contribution < -0.4 is 0 Å². The van der Waals surface area contributed by atoms with Crippen molar-refractivity contribution in [2.24, 2.45) is 0 Å². The topological polar surface area (TPSA) is 65.4 Å². The number of imidazole rings is 1. The van der Waals surface area contributed by atoms with Crippen LogP contribution in [0, 0.1) is 22.7 Å². The normalized spacial score (nSPS) is 8.64. The van der Waals surface area contributed by atoms with Crippen molar-refractivity contribution in [1.29, 1.82) is 10.5 Å². The molecule has 0 N–H and O–H groups in total. The van der Waals surface area contributed by atoms with E-state index in [-0.39, 0.29) is 5.69 Å². The standard InChI is InChI=1S/C7H6N4/c1-2-11-5-10-6(3-8)7(11)4-9/h5H,2H2,1H3. The summed E-state index contributed by atoms with van der Waals surface area (Å²) in [5.74, 6) is 0. The molecule has 0 saturated carbocycles. The van der Waals surface area contributed by atoms with E-state index in [4.69, 9.17) is 10.5 Å². The lowest BCUT2D eigenvalue weighted by Crippen LogP contribution is -1.95. The molecule has 54 valence electrons. The van der Waals surface area contributed by atoms with Crippen LogP contribution in [-0.4, -0.2) is 9.55 Å². The van der Waals surface area contributed by atoms with Gasteiger partial charge in [-0.05, 0) is 6.92 Å². The minimum atomic E-state index is 0.203. The van der Waals surface area contributed by atoms with Crippen molar-refractivity contribution in [2.75, 3.05) is 0 Å². The van der Waals surface area contributed by atoms with Crippen LogP contribution in [0.3, 0.4) is 0 Å². The summed E-state index contributed by atoms with van der Waals surface area (Å²) in [7, 11) is 0. The smallest absolute Gasteiger partial charge is 0.176 e. The van der Waals surface area contributed by atoms with Crippen molar-refractivity contribution in [2.45, 2.75) is 13.5 Å². The van der Waals surface area contributed by atoms with E-state index in [1.807, 2.05) is 19.1 Å². The van der Waals surface area contributed by atoms with Gasteiger partial charge < -0.3 is 4.57 Å². The minimum Gasteiger partial charge on any atom is -0.322 e. The summed E-state index contributed by atoms with van der Waals surface area (Å²) in [5.41, 5.74) is 0.546. The second-order valence-electron chi connectivity index (χ2n) is 1.95. The maximum absolute atomic E-state index is 8.59. The second kappa shape index (κ2) is 2.85. The fourth-order valence-electron chi connectivity index (χ4n) is 0.821. The number of hydrogen-bond acceptors (Lipinski definition) is 3.